The van der Waals surface area contributed by atoms with Gasteiger partial charge in [0.05, 0.1) is 4.88 Å². The summed E-state index contributed by atoms with van der Waals surface area (Å²) in [5.41, 5.74) is -0.0201. The number of halogens is 6. The van der Waals surface area contributed by atoms with Gasteiger partial charge < -0.3 is 0 Å². The number of nitrogens with one attached hydrogen (secondary N) is 1. The zero-order valence-corrected chi connectivity index (χ0v) is 24.3. The molecule has 3 nitrogen and oxygen atoms in total. The largest absolute Gasteiger partial charge is 0.293 e. The van der Waals surface area contributed by atoms with Gasteiger partial charge in [0.15, 0.2) is 29.1 Å². The van der Waals surface area contributed by atoms with Crippen molar-refractivity contribution in [1.82, 2.24) is 5.09 Å². The molecule has 0 bridgehead atoms. The lowest BCUT2D eigenvalue weighted by atomic mass is 10.1. The molecule has 0 saturated carbocycles. The molecule has 2 N–H and O–H groups in total. The van der Waals surface area contributed by atoms with Gasteiger partial charge in [-0.2, -0.15) is 9.48 Å². The van der Waals surface area contributed by atoms with Gasteiger partial charge in [-0.1, -0.05) is 56.3 Å². The Kier molecular flexibility index (Phi) is 11.5. The minimum absolute atomic E-state index is 0.0510. The first-order valence-corrected chi connectivity index (χ1v) is 15.7. The first-order valence-electron chi connectivity index (χ1n) is 12.9. The van der Waals surface area contributed by atoms with Crippen LogP contribution < -0.4 is 5.09 Å². The third kappa shape index (κ3) is 8.16. The number of rotatable bonds is 14. The molecule has 0 spiro atoms. The fourth-order valence-electron chi connectivity index (χ4n) is 4.36. The fourth-order valence-corrected chi connectivity index (χ4v) is 8.04. The minimum atomic E-state index is -3.41. The first-order chi connectivity index (χ1) is 19.4. The SMILES string of the molecule is C=C(F)/C(F)=C(F)\C(F)=C(/CF)CC(=O)c1cc2cc(C(F)[P+](O)(Cc3ccccc3)NC(C)CCC)ccc2s1. The summed E-state index contributed by atoms with van der Waals surface area (Å²) in [6, 6.07) is 15.0. The van der Waals surface area contributed by atoms with E-state index in [-0.39, 0.29) is 22.6 Å². The molecule has 41 heavy (non-hydrogen) atoms. The summed E-state index contributed by atoms with van der Waals surface area (Å²) in [5.74, 6) is -10.9. The minimum Gasteiger partial charge on any atom is -0.293 e. The smallest absolute Gasteiger partial charge is 0.272 e. The van der Waals surface area contributed by atoms with Crippen LogP contribution in [0, 0.1) is 0 Å². The predicted octanol–water partition coefficient (Wildman–Crippen LogP) is 10.1. The van der Waals surface area contributed by atoms with Crippen molar-refractivity contribution in [3.63, 3.8) is 0 Å². The van der Waals surface area contributed by atoms with E-state index in [0.29, 0.717) is 10.1 Å². The Hall–Kier alpha value is -2.78. The van der Waals surface area contributed by atoms with Crippen LogP contribution in [0.2, 0.25) is 0 Å². The number of carbonyl (C=O) groups is 1. The number of alkyl halides is 2. The van der Waals surface area contributed by atoms with Crippen LogP contribution in [0.4, 0.5) is 26.3 Å². The van der Waals surface area contributed by atoms with E-state index in [1.54, 1.807) is 6.07 Å². The summed E-state index contributed by atoms with van der Waals surface area (Å²) in [4.78, 5) is 24.5. The summed E-state index contributed by atoms with van der Waals surface area (Å²) < 4.78 is 84.4. The third-order valence-electron chi connectivity index (χ3n) is 6.37. The van der Waals surface area contributed by atoms with Gasteiger partial charge in [-0.25, -0.2) is 26.8 Å². The van der Waals surface area contributed by atoms with Crippen LogP contribution in [0.1, 0.15) is 59.8 Å². The maximum atomic E-state index is 16.1. The van der Waals surface area contributed by atoms with Gasteiger partial charge in [-0.05, 0) is 42.5 Å². The molecule has 1 heterocycles. The number of benzene rings is 2. The van der Waals surface area contributed by atoms with Crippen molar-refractivity contribution in [2.75, 3.05) is 6.67 Å². The van der Waals surface area contributed by atoms with Crippen LogP contribution in [-0.4, -0.2) is 23.4 Å². The Labute approximate surface area is 239 Å². The highest BCUT2D eigenvalue weighted by atomic mass is 32.1. The van der Waals surface area contributed by atoms with Gasteiger partial charge in [-0.15, -0.1) is 11.3 Å². The summed E-state index contributed by atoms with van der Waals surface area (Å²) in [5, 5.41) is 3.61. The van der Waals surface area contributed by atoms with Crippen molar-refractivity contribution in [1.29, 1.82) is 0 Å². The molecule has 0 amide bonds. The molecule has 3 atom stereocenters. The highest BCUT2D eigenvalue weighted by Gasteiger charge is 2.48. The quantitative estimate of drug-likeness (QED) is 0.0822. The number of ketones is 1. The number of carbonyl (C=O) groups excluding carboxylic acids is 1. The highest BCUT2D eigenvalue weighted by molar-refractivity contribution is 7.67. The standard InChI is InChI=1S/C30H31F6NO2PS/c1-4-8-18(2)37-40(39,17-20-9-6-5-7-10-20)30(36)21-11-12-25-22(13-21)15-26(41-25)24(38)14-23(16-31)28(34)29(35)27(33)19(3)32/h5-7,9-13,15,18,30,37,39H,3-4,8,14,16-17H2,1-2H3/q+1/b28-23+,29-27-. The average Bonchev–Trinajstić information content (AvgIpc) is 3.38. The molecular formula is C30H31F6NO2PS+. The Bertz CT molecular complexity index is 1460. The monoisotopic (exact) mass is 614 g/mol. The normalized spacial score (nSPS) is 16.0. The molecule has 11 heteroatoms. The lowest BCUT2D eigenvalue weighted by molar-refractivity contribution is 0.0994. The fraction of sp³-hybridized carbons (Fsp3) is 0.300. The van der Waals surface area contributed by atoms with Gasteiger partial charge in [0.25, 0.3) is 13.6 Å². The predicted molar refractivity (Wildman–Crippen MR) is 155 cm³/mol. The molecule has 0 aliphatic carbocycles. The Morgan fingerprint density at radius 2 is 1.73 bits per heavy atom. The molecule has 3 aromatic rings. The Morgan fingerprint density at radius 1 is 1.05 bits per heavy atom. The van der Waals surface area contributed by atoms with Gasteiger partial charge in [0.1, 0.15) is 12.8 Å². The van der Waals surface area contributed by atoms with Crippen molar-refractivity contribution in [2.24, 2.45) is 0 Å². The van der Waals surface area contributed by atoms with E-state index in [1.807, 2.05) is 44.2 Å². The molecular weight excluding hydrogens is 583 g/mol. The van der Waals surface area contributed by atoms with E-state index >= 15 is 4.39 Å². The van der Waals surface area contributed by atoms with Gasteiger partial charge in [0.2, 0.25) is 0 Å². The van der Waals surface area contributed by atoms with E-state index in [1.165, 1.54) is 18.2 Å². The molecule has 2 aromatic carbocycles. The van der Waals surface area contributed by atoms with Crippen LogP contribution in [0.25, 0.3) is 10.1 Å². The Balaban J connectivity index is 1.91. The van der Waals surface area contributed by atoms with E-state index in [2.05, 4.69) is 11.7 Å². The number of hydrogen-bond donors (Lipinski definition) is 2. The van der Waals surface area contributed by atoms with E-state index < -0.39 is 61.3 Å². The molecule has 3 unspecified atom stereocenters. The van der Waals surface area contributed by atoms with Crippen molar-refractivity contribution in [2.45, 2.75) is 51.2 Å². The Morgan fingerprint density at radius 3 is 2.34 bits per heavy atom. The van der Waals surface area contributed by atoms with Gasteiger partial charge in [0, 0.05) is 28.3 Å². The maximum absolute atomic E-state index is 16.1. The van der Waals surface area contributed by atoms with Crippen LogP contribution in [0.3, 0.4) is 0 Å². The van der Waals surface area contributed by atoms with Crippen LogP contribution in [0.15, 0.2) is 90.1 Å². The summed E-state index contributed by atoms with van der Waals surface area (Å²) in [7, 11) is -3.41. The lowest BCUT2D eigenvalue weighted by Crippen LogP contribution is -2.29. The van der Waals surface area contributed by atoms with Crippen molar-refractivity contribution in [3.8, 4) is 0 Å². The summed E-state index contributed by atoms with van der Waals surface area (Å²) in [6.07, 6.45) is 0.762. The van der Waals surface area contributed by atoms with Crippen LogP contribution >= 0.6 is 19.0 Å². The first kappa shape index (κ1) is 32.7. The second-order valence-corrected chi connectivity index (χ2v) is 13.5. The molecule has 0 aliphatic rings. The van der Waals surface area contributed by atoms with Crippen molar-refractivity contribution >= 4 is 34.8 Å². The van der Waals surface area contributed by atoms with E-state index in [9.17, 15) is 31.6 Å². The number of thiophene rings is 1. The second-order valence-electron chi connectivity index (χ2n) is 9.72. The molecule has 3 rings (SSSR count). The van der Waals surface area contributed by atoms with Crippen LogP contribution in [0.5, 0.6) is 0 Å². The maximum Gasteiger partial charge on any atom is 0.272 e. The number of allylic oxidation sites excluding steroid dienone is 5. The van der Waals surface area contributed by atoms with Crippen molar-refractivity contribution < 1.29 is 36.0 Å². The molecule has 0 aliphatic heterocycles. The van der Waals surface area contributed by atoms with Crippen LogP contribution in [-0.2, 0) is 6.16 Å². The van der Waals surface area contributed by atoms with E-state index in [4.69, 9.17) is 0 Å². The third-order valence-corrected chi connectivity index (χ3v) is 10.3. The number of hydrogen-bond acceptors (Lipinski definition) is 4. The molecule has 0 fully saturated rings. The molecule has 1 aromatic heterocycles. The summed E-state index contributed by atoms with van der Waals surface area (Å²) >= 11 is 0.974. The second kappa shape index (κ2) is 14.4. The average molecular weight is 615 g/mol. The zero-order valence-electron chi connectivity index (χ0n) is 22.6. The molecule has 220 valence electrons. The molecule has 0 radical (unpaired) electrons. The van der Waals surface area contributed by atoms with E-state index in [0.717, 1.165) is 29.7 Å². The number of fused-ring (bicyclic) bond motifs is 1. The summed E-state index contributed by atoms with van der Waals surface area (Å²) in [6.45, 7) is 4.80. The highest BCUT2D eigenvalue weighted by Crippen LogP contribution is 2.66. The number of Topliss-reactive ketones (excluding diaryl/α,β-unsaturated/α-hetero) is 1. The zero-order chi connectivity index (χ0) is 30.3. The molecule has 0 saturated heterocycles. The van der Waals surface area contributed by atoms with Gasteiger partial charge >= 0.3 is 0 Å². The topological polar surface area (TPSA) is 49.3 Å². The lowest BCUT2D eigenvalue weighted by Gasteiger charge is -2.27. The van der Waals surface area contributed by atoms with Gasteiger partial charge in [-0.3, -0.25) is 4.79 Å². The van der Waals surface area contributed by atoms with Crippen molar-refractivity contribution in [3.05, 3.63) is 106 Å².